The maximum absolute atomic E-state index is 8.99. The maximum Gasteiger partial charge on any atom is 0.335 e. The van der Waals surface area contributed by atoms with Gasteiger partial charge in [0.1, 0.15) is 5.75 Å². The fourth-order valence-corrected chi connectivity index (χ4v) is 0.679. The van der Waals surface area contributed by atoms with E-state index in [2.05, 4.69) is 0 Å². The summed E-state index contributed by atoms with van der Waals surface area (Å²) in [5, 5.41) is 8.99. The molecular weight excluding hydrogens is 178 g/mol. The van der Waals surface area contributed by atoms with Gasteiger partial charge in [-0.05, 0) is 30.7 Å². The molecule has 0 aliphatic rings. The number of hydrogen-bond acceptors (Lipinski definition) is 4. The first kappa shape index (κ1) is 10.6. The number of aryl methyl sites for hydroxylation is 1. The number of anilines is 1. The van der Waals surface area contributed by atoms with E-state index in [1.807, 2.05) is 6.92 Å². The van der Waals surface area contributed by atoms with E-state index in [9.17, 15) is 0 Å². The molecule has 0 heterocycles. The predicted octanol–water partition coefficient (Wildman–Crippen LogP) is 0.613. The van der Waals surface area contributed by atoms with Crippen molar-refractivity contribution in [2.45, 2.75) is 6.92 Å². The van der Waals surface area contributed by atoms with Crippen molar-refractivity contribution >= 4 is 17.3 Å². The highest BCUT2D eigenvalue weighted by Gasteiger charge is 1.92. The molecular formula is C7H9NO3S. The molecule has 1 rings (SSSR count). The van der Waals surface area contributed by atoms with Crippen molar-refractivity contribution in [2.24, 2.45) is 0 Å². The van der Waals surface area contributed by atoms with Crippen molar-refractivity contribution in [3.05, 3.63) is 23.8 Å². The summed E-state index contributed by atoms with van der Waals surface area (Å²) in [6.07, 6.45) is 0. The Bertz CT molecular complexity index is 295. The molecule has 0 spiro atoms. The van der Waals surface area contributed by atoms with E-state index >= 15 is 0 Å². The normalized spacial score (nSPS) is 8.08. The number of benzene rings is 1. The second-order valence-corrected chi connectivity index (χ2v) is 2.25. The van der Waals surface area contributed by atoms with E-state index < -0.39 is 11.6 Å². The number of phenolic OH excluding ortho intramolecular Hbond substituents is 1. The molecule has 0 radical (unpaired) electrons. The molecule has 0 atom stereocenters. The fraction of sp³-hybridized carbons (Fsp3) is 0.143. The van der Waals surface area contributed by atoms with Crippen molar-refractivity contribution in [3.8, 4) is 5.75 Å². The van der Waals surface area contributed by atoms with Crippen LogP contribution in [0.25, 0.3) is 0 Å². The van der Waals surface area contributed by atoms with Crippen LogP contribution < -0.4 is 5.73 Å². The van der Waals surface area contributed by atoms with Crippen molar-refractivity contribution in [2.75, 3.05) is 5.73 Å². The lowest BCUT2D eigenvalue weighted by Crippen LogP contribution is -1.84. The van der Waals surface area contributed by atoms with Gasteiger partial charge in [-0.25, -0.2) is 0 Å². The van der Waals surface area contributed by atoms with Gasteiger partial charge in [0, 0.05) is 5.69 Å². The van der Waals surface area contributed by atoms with Crippen LogP contribution in [0.4, 0.5) is 5.69 Å². The molecule has 66 valence electrons. The minimum atomic E-state index is -0.750. The minimum Gasteiger partial charge on any atom is -0.508 e. The minimum absolute atomic E-state index is 0.296. The second kappa shape index (κ2) is 5.31. The molecule has 12 heavy (non-hydrogen) atoms. The van der Waals surface area contributed by atoms with Crippen LogP contribution in [0, 0.1) is 6.92 Å². The average molecular weight is 187 g/mol. The monoisotopic (exact) mass is 187 g/mol. The highest BCUT2D eigenvalue weighted by molar-refractivity contribution is 7.51. The van der Waals surface area contributed by atoms with Crippen molar-refractivity contribution in [1.29, 1.82) is 0 Å². The Morgan fingerprint density at radius 1 is 1.42 bits per heavy atom. The third-order valence-corrected chi connectivity index (χ3v) is 1.22. The molecule has 0 saturated heterocycles. The highest BCUT2D eigenvalue weighted by atomic mass is 32.1. The summed E-state index contributed by atoms with van der Waals surface area (Å²) in [7, 11) is 0. The standard InChI is InChI=1S/C7H9NO.O2S/c1-5-4-6(8)2-3-7(5)9;1-3-2/h2-4,9H,8H2,1H3;. The molecule has 0 aromatic heterocycles. The molecule has 0 amide bonds. The van der Waals surface area contributed by atoms with E-state index in [1.165, 1.54) is 0 Å². The number of nitrogen functional groups attached to an aromatic ring is 1. The van der Waals surface area contributed by atoms with Crippen molar-refractivity contribution in [1.82, 2.24) is 0 Å². The Labute approximate surface area is 73.6 Å². The number of nitrogens with two attached hydrogens (primary N) is 1. The summed E-state index contributed by atoms with van der Waals surface area (Å²) in [6.45, 7) is 1.81. The van der Waals surface area contributed by atoms with Crippen LogP contribution >= 0.6 is 0 Å². The summed E-state index contributed by atoms with van der Waals surface area (Å²) in [5.74, 6) is 0.296. The fourth-order valence-electron chi connectivity index (χ4n) is 0.679. The van der Waals surface area contributed by atoms with Gasteiger partial charge in [0.2, 0.25) is 0 Å². The van der Waals surface area contributed by atoms with Crippen molar-refractivity contribution < 1.29 is 13.5 Å². The van der Waals surface area contributed by atoms with E-state index in [0.29, 0.717) is 11.4 Å². The first-order valence-corrected chi connectivity index (χ1v) is 3.75. The zero-order valence-corrected chi connectivity index (χ0v) is 7.30. The third-order valence-electron chi connectivity index (χ3n) is 1.22. The van der Waals surface area contributed by atoms with Crippen LogP contribution in [-0.4, -0.2) is 13.5 Å². The van der Waals surface area contributed by atoms with Gasteiger partial charge in [-0.15, -0.1) is 0 Å². The summed E-state index contributed by atoms with van der Waals surface area (Å²) < 4.78 is 16.6. The Hall–Kier alpha value is -1.36. The molecule has 0 aliphatic heterocycles. The molecule has 5 heteroatoms. The largest absolute Gasteiger partial charge is 0.508 e. The third kappa shape index (κ3) is 3.72. The molecule has 1 aromatic rings. The van der Waals surface area contributed by atoms with Gasteiger partial charge in [0.25, 0.3) is 0 Å². The quantitative estimate of drug-likeness (QED) is 0.460. The number of phenols is 1. The second-order valence-electron chi connectivity index (χ2n) is 2.11. The molecule has 0 saturated carbocycles. The topological polar surface area (TPSA) is 80.4 Å². The molecule has 1 aromatic carbocycles. The molecule has 0 bridgehead atoms. The van der Waals surface area contributed by atoms with Gasteiger partial charge >= 0.3 is 11.6 Å². The number of hydrogen-bond donors (Lipinski definition) is 2. The van der Waals surface area contributed by atoms with Crippen LogP contribution in [0.1, 0.15) is 5.56 Å². The van der Waals surface area contributed by atoms with E-state index in [-0.39, 0.29) is 0 Å². The van der Waals surface area contributed by atoms with Crippen LogP contribution in [0.3, 0.4) is 0 Å². The van der Waals surface area contributed by atoms with Gasteiger partial charge in [0.05, 0.1) is 0 Å². The lowest BCUT2D eigenvalue weighted by molar-refractivity contribution is 0.471. The average Bonchev–Trinajstić information content (AvgIpc) is 1.99. The van der Waals surface area contributed by atoms with Crippen LogP contribution in [0.15, 0.2) is 18.2 Å². The number of aromatic hydroxyl groups is 1. The zero-order chi connectivity index (χ0) is 9.56. The molecule has 0 unspecified atom stereocenters. The first-order chi connectivity index (χ1) is 5.61. The SMILES string of the molecule is Cc1cc(N)ccc1O.O=S=O. The first-order valence-electron chi connectivity index (χ1n) is 3.08. The molecule has 0 aliphatic carbocycles. The van der Waals surface area contributed by atoms with Crippen molar-refractivity contribution in [3.63, 3.8) is 0 Å². The Kier molecular flexibility index (Phi) is 4.71. The Balaban J connectivity index is 0.000000354. The van der Waals surface area contributed by atoms with Gasteiger partial charge in [-0.3, -0.25) is 0 Å². The van der Waals surface area contributed by atoms with Crippen LogP contribution in [0.2, 0.25) is 0 Å². The van der Waals surface area contributed by atoms with Gasteiger partial charge in [0.15, 0.2) is 0 Å². The lowest BCUT2D eigenvalue weighted by atomic mass is 10.2. The number of rotatable bonds is 0. The Morgan fingerprint density at radius 3 is 2.25 bits per heavy atom. The van der Waals surface area contributed by atoms with E-state index in [4.69, 9.17) is 19.3 Å². The Morgan fingerprint density at radius 2 is 1.92 bits per heavy atom. The maximum atomic E-state index is 8.99. The van der Waals surface area contributed by atoms with Crippen LogP contribution in [-0.2, 0) is 11.6 Å². The van der Waals surface area contributed by atoms with Gasteiger partial charge < -0.3 is 10.8 Å². The zero-order valence-electron chi connectivity index (χ0n) is 6.48. The lowest BCUT2D eigenvalue weighted by Gasteiger charge is -1.97. The molecule has 3 N–H and O–H groups in total. The molecule has 0 fully saturated rings. The summed E-state index contributed by atoms with van der Waals surface area (Å²) in [4.78, 5) is 0. The highest BCUT2D eigenvalue weighted by Crippen LogP contribution is 2.17. The smallest absolute Gasteiger partial charge is 0.335 e. The summed E-state index contributed by atoms with van der Waals surface area (Å²) >= 11 is -0.750. The van der Waals surface area contributed by atoms with Crippen LogP contribution in [0.5, 0.6) is 5.75 Å². The van der Waals surface area contributed by atoms with E-state index in [0.717, 1.165) is 5.56 Å². The summed E-state index contributed by atoms with van der Waals surface area (Å²) in [5.41, 5.74) is 6.92. The van der Waals surface area contributed by atoms with Gasteiger partial charge in [-0.1, -0.05) is 0 Å². The molecule has 4 nitrogen and oxygen atoms in total. The predicted molar refractivity (Wildman–Crippen MR) is 46.2 cm³/mol. The van der Waals surface area contributed by atoms with Gasteiger partial charge in [-0.2, -0.15) is 8.42 Å². The summed E-state index contributed by atoms with van der Waals surface area (Å²) in [6, 6.07) is 4.99. The van der Waals surface area contributed by atoms with E-state index in [1.54, 1.807) is 18.2 Å².